The first-order chi connectivity index (χ1) is 7.16. The Labute approximate surface area is 86.8 Å². The van der Waals surface area contributed by atoms with Crippen molar-refractivity contribution in [3.05, 3.63) is 42.2 Å². The van der Waals surface area contributed by atoms with Gasteiger partial charge in [0.05, 0.1) is 11.9 Å². The summed E-state index contributed by atoms with van der Waals surface area (Å²) in [7, 11) is 0. The molecule has 0 unspecified atom stereocenters. The molecule has 3 nitrogen and oxygen atoms in total. The van der Waals surface area contributed by atoms with E-state index in [1.165, 1.54) is 12.3 Å². The van der Waals surface area contributed by atoms with E-state index in [0.717, 1.165) is 16.8 Å². The lowest BCUT2D eigenvalue weighted by molar-refractivity contribution is 0.584. The maximum atomic E-state index is 12.9. The van der Waals surface area contributed by atoms with Gasteiger partial charge in [0.2, 0.25) is 5.95 Å². The highest BCUT2D eigenvalue weighted by atomic mass is 19.1. The summed E-state index contributed by atoms with van der Waals surface area (Å²) >= 11 is 0. The third-order valence-electron chi connectivity index (χ3n) is 2.15. The molecule has 0 amide bonds. The van der Waals surface area contributed by atoms with Crippen LogP contribution in [0, 0.1) is 12.9 Å². The molecule has 0 fully saturated rings. The number of pyridine rings is 2. The number of nitrogen functional groups attached to an aromatic ring is 1. The van der Waals surface area contributed by atoms with Crippen molar-refractivity contribution in [1.82, 2.24) is 9.97 Å². The van der Waals surface area contributed by atoms with E-state index in [4.69, 9.17) is 5.73 Å². The molecule has 0 aliphatic rings. The molecule has 2 N–H and O–H groups in total. The zero-order chi connectivity index (χ0) is 10.8. The van der Waals surface area contributed by atoms with Crippen molar-refractivity contribution in [3.8, 4) is 11.1 Å². The molecule has 76 valence electrons. The van der Waals surface area contributed by atoms with Crippen LogP contribution in [0.3, 0.4) is 0 Å². The van der Waals surface area contributed by atoms with Crippen LogP contribution in [0.1, 0.15) is 5.69 Å². The van der Waals surface area contributed by atoms with Crippen LogP contribution in [0.5, 0.6) is 0 Å². The zero-order valence-corrected chi connectivity index (χ0v) is 8.24. The van der Waals surface area contributed by atoms with E-state index in [1.807, 2.05) is 6.92 Å². The Morgan fingerprint density at radius 3 is 2.80 bits per heavy atom. The van der Waals surface area contributed by atoms with Gasteiger partial charge in [-0.2, -0.15) is 4.39 Å². The van der Waals surface area contributed by atoms with Crippen LogP contribution in [0.2, 0.25) is 0 Å². The van der Waals surface area contributed by atoms with E-state index in [-0.39, 0.29) is 0 Å². The van der Waals surface area contributed by atoms with Crippen molar-refractivity contribution in [1.29, 1.82) is 0 Å². The minimum Gasteiger partial charge on any atom is -0.397 e. The first-order valence-corrected chi connectivity index (χ1v) is 4.51. The molecule has 0 spiro atoms. The van der Waals surface area contributed by atoms with Crippen LogP contribution in [0.25, 0.3) is 11.1 Å². The first-order valence-electron chi connectivity index (χ1n) is 4.51. The molecule has 0 atom stereocenters. The lowest BCUT2D eigenvalue weighted by Crippen LogP contribution is -1.93. The Balaban J connectivity index is 2.58. The number of hydrogen-bond donors (Lipinski definition) is 1. The minimum absolute atomic E-state index is 0.505. The molecular formula is C11H10FN3. The van der Waals surface area contributed by atoms with Crippen molar-refractivity contribution >= 4 is 5.69 Å². The number of nitrogens with zero attached hydrogens (tertiary/aromatic N) is 2. The predicted molar refractivity (Wildman–Crippen MR) is 56.6 cm³/mol. The van der Waals surface area contributed by atoms with E-state index >= 15 is 0 Å². The molecule has 0 saturated heterocycles. The van der Waals surface area contributed by atoms with Crippen molar-refractivity contribution in [2.45, 2.75) is 6.92 Å². The molecule has 0 aliphatic carbocycles. The van der Waals surface area contributed by atoms with E-state index in [1.54, 1.807) is 18.3 Å². The van der Waals surface area contributed by atoms with Gasteiger partial charge in [0.25, 0.3) is 0 Å². The fraction of sp³-hybridized carbons (Fsp3) is 0.0909. The third kappa shape index (κ3) is 1.93. The van der Waals surface area contributed by atoms with E-state index in [9.17, 15) is 4.39 Å². The van der Waals surface area contributed by atoms with Crippen molar-refractivity contribution in [2.24, 2.45) is 0 Å². The standard InChI is InChI=1S/C11H10FN3/c1-7-10(5-9(13)6-15-7)8-2-3-14-11(12)4-8/h2-6H,13H2,1H3. The second-order valence-corrected chi connectivity index (χ2v) is 3.27. The number of halogens is 1. The van der Waals surface area contributed by atoms with Crippen molar-refractivity contribution < 1.29 is 4.39 Å². The molecule has 0 aliphatic heterocycles. The summed E-state index contributed by atoms with van der Waals surface area (Å²) in [6.07, 6.45) is 3.00. The predicted octanol–water partition coefficient (Wildman–Crippen LogP) is 2.17. The summed E-state index contributed by atoms with van der Waals surface area (Å²) in [5.74, 6) is -0.505. The average Bonchev–Trinajstić information content (AvgIpc) is 2.22. The molecular weight excluding hydrogens is 193 g/mol. The van der Waals surface area contributed by atoms with Gasteiger partial charge in [-0.15, -0.1) is 0 Å². The Morgan fingerprint density at radius 2 is 2.07 bits per heavy atom. The Bertz CT molecular complexity index is 497. The number of hydrogen-bond acceptors (Lipinski definition) is 3. The van der Waals surface area contributed by atoms with Crippen LogP contribution in [-0.4, -0.2) is 9.97 Å². The summed E-state index contributed by atoms with van der Waals surface area (Å²) < 4.78 is 12.9. The fourth-order valence-electron chi connectivity index (χ4n) is 1.41. The highest BCUT2D eigenvalue weighted by molar-refractivity contribution is 5.68. The van der Waals surface area contributed by atoms with Gasteiger partial charge in [-0.05, 0) is 24.6 Å². The highest BCUT2D eigenvalue weighted by Gasteiger charge is 2.04. The minimum atomic E-state index is -0.505. The summed E-state index contributed by atoms with van der Waals surface area (Å²) in [6.45, 7) is 1.85. The van der Waals surface area contributed by atoms with Gasteiger partial charge >= 0.3 is 0 Å². The smallest absolute Gasteiger partial charge is 0.213 e. The van der Waals surface area contributed by atoms with Gasteiger partial charge in [0.1, 0.15) is 0 Å². The maximum absolute atomic E-state index is 12.9. The lowest BCUT2D eigenvalue weighted by atomic mass is 10.1. The summed E-state index contributed by atoms with van der Waals surface area (Å²) in [5.41, 5.74) is 8.57. The monoisotopic (exact) mass is 203 g/mol. The largest absolute Gasteiger partial charge is 0.397 e. The SMILES string of the molecule is Cc1ncc(N)cc1-c1ccnc(F)c1. The third-order valence-corrected chi connectivity index (χ3v) is 2.15. The molecule has 2 rings (SSSR count). The Hall–Kier alpha value is -1.97. The number of nitrogens with two attached hydrogens (primary N) is 1. The molecule has 0 bridgehead atoms. The van der Waals surface area contributed by atoms with Gasteiger partial charge in [-0.3, -0.25) is 4.98 Å². The van der Waals surface area contributed by atoms with Gasteiger partial charge in [0.15, 0.2) is 0 Å². The second kappa shape index (κ2) is 3.65. The molecule has 0 saturated carbocycles. The number of aryl methyl sites for hydroxylation is 1. The summed E-state index contributed by atoms with van der Waals surface area (Å²) in [4.78, 5) is 7.62. The summed E-state index contributed by atoms with van der Waals surface area (Å²) in [6, 6.07) is 4.87. The molecule has 15 heavy (non-hydrogen) atoms. The molecule has 2 aromatic heterocycles. The van der Waals surface area contributed by atoms with Crippen LogP contribution in [-0.2, 0) is 0 Å². The Morgan fingerprint density at radius 1 is 1.27 bits per heavy atom. The highest BCUT2D eigenvalue weighted by Crippen LogP contribution is 2.23. The average molecular weight is 203 g/mol. The topological polar surface area (TPSA) is 51.8 Å². The molecule has 4 heteroatoms. The zero-order valence-electron chi connectivity index (χ0n) is 8.24. The number of rotatable bonds is 1. The van der Waals surface area contributed by atoms with Crippen LogP contribution in [0.15, 0.2) is 30.6 Å². The van der Waals surface area contributed by atoms with E-state index in [2.05, 4.69) is 9.97 Å². The van der Waals surface area contributed by atoms with Gasteiger partial charge in [-0.1, -0.05) is 0 Å². The van der Waals surface area contributed by atoms with Crippen molar-refractivity contribution in [2.75, 3.05) is 5.73 Å². The van der Waals surface area contributed by atoms with E-state index in [0.29, 0.717) is 5.69 Å². The maximum Gasteiger partial charge on any atom is 0.213 e. The fourth-order valence-corrected chi connectivity index (χ4v) is 1.41. The molecule has 0 aromatic carbocycles. The lowest BCUT2D eigenvalue weighted by Gasteiger charge is -2.05. The normalized spacial score (nSPS) is 10.3. The molecule has 2 heterocycles. The van der Waals surface area contributed by atoms with Crippen LogP contribution >= 0.6 is 0 Å². The van der Waals surface area contributed by atoms with Crippen LogP contribution in [0.4, 0.5) is 10.1 Å². The van der Waals surface area contributed by atoms with Gasteiger partial charge in [-0.25, -0.2) is 4.98 Å². The van der Waals surface area contributed by atoms with Crippen molar-refractivity contribution in [3.63, 3.8) is 0 Å². The van der Waals surface area contributed by atoms with Gasteiger partial charge in [0, 0.05) is 23.5 Å². The molecule has 0 radical (unpaired) electrons. The first kappa shape index (κ1) is 9.58. The Kier molecular flexibility index (Phi) is 2.33. The van der Waals surface area contributed by atoms with Crippen LogP contribution < -0.4 is 5.73 Å². The quantitative estimate of drug-likeness (QED) is 0.722. The number of anilines is 1. The second-order valence-electron chi connectivity index (χ2n) is 3.27. The van der Waals surface area contributed by atoms with E-state index < -0.39 is 5.95 Å². The number of aromatic nitrogens is 2. The summed E-state index contributed by atoms with van der Waals surface area (Å²) in [5, 5.41) is 0. The van der Waals surface area contributed by atoms with Gasteiger partial charge < -0.3 is 5.73 Å². The molecule has 2 aromatic rings.